The quantitative estimate of drug-likeness (QED) is 0.259. The minimum atomic E-state index is -1.37. The molecule has 0 aliphatic carbocycles. The Hall–Kier alpha value is -5.27. The molecule has 0 radical (unpaired) electrons. The van der Waals surface area contributed by atoms with Gasteiger partial charge in [-0.1, -0.05) is 30.3 Å². The van der Waals surface area contributed by atoms with Gasteiger partial charge in [-0.15, -0.1) is 0 Å². The van der Waals surface area contributed by atoms with Crippen molar-refractivity contribution in [3.8, 4) is 0 Å². The molecule has 260 valence electrons. The lowest BCUT2D eigenvalue weighted by molar-refractivity contribution is -0.144. The summed E-state index contributed by atoms with van der Waals surface area (Å²) in [6.45, 7) is 3.83. The number of carbonyl (C=O) groups excluding carboxylic acids is 5. The fourth-order valence-electron chi connectivity index (χ4n) is 6.35. The van der Waals surface area contributed by atoms with Gasteiger partial charge in [0.25, 0.3) is 5.91 Å². The molecular weight excluding hydrogens is 630 g/mol. The number of carboxylic acid groups (broad SMARTS) is 1. The van der Waals surface area contributed by atoms with Gasteiger partial charge in [-0.2, -0.15) is 0 Å². The molecule has 14 nitrogen and oxygen atoms in total. The molecule has 0 bridgehead atoms. The van der Waals surface area contributed by atoms with Gasteiger partial charge < -0.3 is 35.8 Å². The van der Waals surface area contributed by atoms with Crippen molar-refractivity contribution in [1.82, 2.24) is 35.7 Å². The van der Waals surface area contributed by atoms with E-state index in [1.54, 1.807) is 38.4 Å². The van der Waals surface area contributed by atoms with Gasteiger partial charge >= 0.3 is 5.97 Å². The monoisotopic (exact) mass is 673 g/mol. The van der Waals surface area contributed by atoms with E-state index in [1.165, 1.54) is 4.90 Å². The zero-order chi connectivity index (χ0) is 35.3. The average molecular weight is 674 g/mol. The van der Waals surface area contributed by atoms with Crippen LogP contribution in [0.1, 0.15) is 68.3 Å². The lowest BCUT2D eigenvalue weighted by Gasteiger charge is -2.29. The SMILES string of the molecule is Cn1cnc2cc(C(=O)N[C@H]3CCCCNC(=O)CC[C@@H](C(=O)O)NC(=O)[C@@H]4C[C@@H](NC(=O)C(C)(C)c5ccccc5)CN4C3=O)ccc21. The molecule has 2 fully saturated rings. The largest absolute Gasteiger partial charge is 0.480 e. The molecule has 4 atom stereocenters. The molecule has 1 aromatic heterocycles. The van der Waals surface area contributed by atoms with Crippen LogP contribution in [0.25, 0.3) is 11.0 Å². The third kappa shape index (κ3) is 8.07. The maximum atomic E-state index is 14.3. The number of amides is 5. The van der Waals surface area contributed by atoms with Crippen molar-refractivity contribution in [1.29, 1.82) is 0 Å². The van der Waals surface area contributed by atoms with Crippen LogP contribution in [-0.2, 0) is 36.4 Å². The van der Waals surface area contributed by atoms with E-state index in [1.807, 2.05) is 41.9 Å². The molecule has 0 saturated carbocycles. The number of carbonyl (C=O) groups is 6. The highest BCUT2D eigenvalue weighted by Crippen LogP contribution is 2.26. The topological polar surface area (TPSA) is 192 Å². The molecule has 2 aromatic carbocycles. The number of aryl methyl sites for hydroxylation is 1. The molecule has 5 amide bonds. The van der Waals surface area contributed by atoms with E-state index in [2.05, 4.69) is 26.3 Å². The van der Waals surface area contributed by atoms with Crippen LogP contribution < -0.4 is 21.3 Å². The van der Waals surface area contributed by atoms with E-state index in [0.717, 1.165) is 11.1 Å². The summed E-state index contributed by atoms with van der Waals surface area (Å²) in [6, 6.07) is 10.1. The number of benzene rings is 2. The van der Waals surface area contributed by atoms with Gasteiger partial charge in [0.15, 0.2) is 0 Å². The van der Waals surface area contributed by atoms with Gasteiger partial charge in [0, 0.05) is 38.2 Å². The van der Waals surface area contributed by atoms with Crippen molar-refractivity contribution in [2.75, 3.05) is 13.1 Å². The second-order valence-electron chi connectivity index (χ2n) is 13.3. The fourth-order valence-corrected chi connectivity index (χ4v) is 6.35. The van der Waals surface area contributed by atoms with E-state index in [4.69, 9.17) is 0 Å². The standard InChI is InChI=1S/C35H43N7O7/c1-35(2,22-9-5-4-6-10-22)34(49)38-23-18-28-31(45)40-25(33(47)48)13-15-29(43)36-16-8-7-11-24(32(46)42(28)19-23)39-30(44)21-12-14-27-26(17-21)37-20-41(27)3/h4-6,9-10,12,14,17,20,23-25,28H,7-8,11,13,15-16,18-19H2,1-3H3,(H,36,43)(H,38,49)(H,39,44)(H,40,45)(H,47,48)/t23-,24+,25+,28+/m1/s1. The van der Waals surface area contributed by atoms with Crippen LogP contribution in [0.2, 0.25) is 0 Å². The number of nitrogens with one attached hydrogen (secondary N) is 4. The maximum absolute atomic E-state index is 14.3. The van der Waals surface area contributed by atoms with E-state index in [-0.39, 0.29) is 44.0 Å². The van der Waals surface area contributed by atoms with Gasteiger partial charge in [-0.25, -0.2) is 9.78 Å². The predicted molar refractivity (Wildman–Crippen MR) is 179 cm³/mol. The number of hydrogen-bond acceptors (Lipinski definition) is 7. The number of nitrogens with zero attached hydrogens (tertiary/aromatic N) is 3. The van der Waals surface area contributed by atoms with Gasteiger partial charge in [-0.3, -0.25) is 24.0 Å². The van der Waals surface area contributed by atoms with Crippen LogP contribution in [-0.4, -0.2) is 92.3 Å². The molecule has 3 aromatic rings. The summed E-state index contributed by atoms with van der Waals surface area (Å²) in [5, 5.41) is 20.9. The minimum absolute atomic E-state index is 0.0258. The first-order valence-corrected chi connectivity index (χ1v) is 16.5. The van der Waals surface area contributed by atoms with Crippen molar-refractivity contribution in [3.63, 3.8) is 0 Å². The van der Waals surface area contributed by atoms with E-state index >= 15 is 0 Å². The minimum Gasteiger partial charge on any atom is -0.480 e. The Balaban J connectivity index is 1.42. The van der Waals surface area contributed by atoms with Gasteiger partial charge in [0.1, 0.15) is 18.1 Å². The highest BCUT2D eigenvalue weighted by atomic mass is 16.4. The number of hydrogen-bond donors (Lipinski definition) is 5. The number of carboxylic acids is 1. The number of fused-ring (bicyclic) bond motifs is 2. The smallest absolute Gasteiger partial charge is 0.326 e. The van der Waals surface area contributed by atoms with Crippen LogP contribution in [0.5, 0.6) is 0 Å². The summed E-state index contributed by atoms with van der Waals surface area (Å²) in [5.74, 6) is -3.72. The van der Waals surface area contributed by atoms with Crippen LogP contribution in [0.3, 0.4) is 0 Å². The lowest BCUT2D eigenvalue weighted by Crippen LogP contribution is -2.55. The van der Waals surface area contributed by atoms with Crippen LogP contribution >= 0.6 is 0 Å². The number of rotatable bonds is 6. The Morgan fingerprint density at radius 1 is 1.00 bits per heavy atom. The first-order valence-electron chi connectivity index (χ1n) is 16.5. The predicted octanol–water partition coefficient (Wildman–Crippen LogP) is 1.38. The fraction of sp³-hybridized carbons (Fsp3) is 0.457. The summed E-state index contributed by atoms with van der Waals surface area (Å²) in [7, 11) is 1.84. The van der Waals surface area contributed by atoms with Crippen molar-refractivity contribution in [2.45, 2.75) is 82.0 Å². The lowest BCUT2D eigenvalue weighted by atomic mass is 9.83. The summed E-state index contributed by atoms with van der Waals surface area (Å²) in [5.41, 5.74) is 1.60. The summed E-state index contributed by atoms with van der Waals surface area (Å²) >= 11 is 0. The van der Waals surface area contributed by atoms with Crippen LogP contribution in [0.15, 0.2) is 54.9 Å². The Labute approximate surface area is 284 Å². The Kier molecular flexibility index (Phi) is 10.6. The average Bonchev–Trinajstić information content (AvgIpc) is 3.68. The molecule has 3 heterocycles. The second kappa shape index (κ2) is 14.9. The molecule has 2 aliphatic rings. The number of aliphatic carboxylic acids is 1. The van der Waals surface area contributed by atoms with E-state index < -0.39 is 53.3 Å². The molecule has 5 N–H and O–H groups in total. The normalized spacial score (nSPS) is 22.7. The molecule has 2 aliphatic heterocycles. The Bertz CT molecular complexity index is 1740. The summed E-state index contributed by atoms with van der Waals surface area (Å²) in [6.07, 6.45) is 2.59. The highest BCUT2D eigenvalue weighted by molar-refractivity contribution is 6.01. The van der Waals surface area contributed by atoms with Crippen molar-refractivity contribution in [2.24, 2.45) is 7.05 Å². The molecule has 2 saturated heterocycles. The first kappa shape index (κ1) is 35.0. The van der Waals surface area contributed by atoms with Crippen molar-refractivity contribution < 1.29 is 33.9 Å². The molecule has 0 spiro atoms. The molecule has 49 heavy (non-hydrogen) atoms. The zero-order valence-corrected chi connectivity index (χ0v) is 27.9. The van der Waals surface area contributed by atoms with Crippen LogP contribution in [0, 0.1) is 0 Å². The number of aromatic nitrogens is 2. The molecule has 14 heteroatoms. The summed E-state index contributed by atoms with van der Waals surface area (Å²) < 4.78 is 1.82. The second-order valence-corrected chi connectivity index (χ2v) is 13.3. The molecule has 0 unspecified atom stereocenters. The van der Waals surface area contributed by atoms with Gasteiger partial charge in [0.05, 0.1) is 22.8 Å². The van der Waals surface area contributed by atoms with E-state index in [0.29, 0.717) is 30.5 Å². The summed E-state index contributed by atoms with van der Waals surface area (Å²) in [4.78, 5) is 85.3. The molecular formula is C35H43N7O7. The molecule has 5 rings (SSSR count). The first-order chi connectivity index (χ1) is 23.3. The highest BCUT2D eigenvalue weighted by Gasteiger charge is 2.44. The third-order valence-corrected chi connectivity index (χ3v) is 9.39. The Morgan fingerprint density at radius 2 is 1.76 bits per heavy atom. The maximum Gasteiger partial charge on any atom is 0.326 e. The Morgan fingerprint density at radius 3 is 2.49 bits per heavy atom. The van der Waals surface area contributed by atoms with Crippen molar-refractivity contribution in [3.05, 3.63) is 66.0 Å². The third-order valence-electron chi connectivity index (χ3n) is 9.39. The van der Waals surface area contributed by atoms with Crippen LogP contribution in [0.4, 0.5) is 0 Å². The zero-order valence-electron chi connectivity index (χ0n) is 27.9. The van der Waals surface area contributed by atoms with Crippen molar-refractivity contribution >= 4 is 46.5 Å². The number of imidazole rings is 1. The van der Waals surface area contributed by atoms with Gasteiger partial charge in [0.2, 0.25) is 23.6 Å². The van der Waals surface area contributed by atoms with Gasteiger partial charge in [-0.05, 0) is 69.7 Å². The van der Waals surface area contributed by atoms with E-state index in [9.17, 15) is 33.9 Å².